The van der Waals surface area contributed by atoms with Crippen molar-refractivity contribution >= 4 is 27.9 Å². The quantitative estimate of drug-likeness (QED) is 0.415. The van der Waals surface area contributed by atoms with E-state index in [2.05, 4.69) is 20.7 Å². The number of ether oxygens (including phenoxy) is 2. The van der Waals surface area contributed by atoms with Gasteiger partial charge in [0.25, 0.3) is 0 Å². The Morgan fingerprint density at radius 1 is 1.38 bits per heavy atom. The second kappa shape index (κ2) is 5.34. The van der Waals surface area contributed by atoms with Gasteiger partial charge in [0.1, 0.15) is 5.33 Å². The summed E-state index contributed by atoms with van der Waals surface area (Å²) in [5.74, 6) is -1.12. The number of carbonyl (C=O) groups excluding carboxylic acids is 2. The fraction of sp³-hybridized carbons (Fsp3) is 0.750. The monoisotopic (exact) mass is 250 g/mol. The Balaban J connectivity index is 2.33. The summed E-state index contributed by atoms with van der Waals surface area (Å²) >= 11 is 2.92. The van der Waals surface area contributed by atoms with Crippen molar-refractivity contribution in [3.05, 3.63) is 0 Å². The van der Waals surface area contributed by atoms with Gasteiger partial charge in [0, 0.05) is 13.2 Å². The van der Waals surface area contributed by atoms with E-state index < -0.39 is 11.9 Å². The van der Waals surface area contributed by atoms with Crippen molar-refractivity contribution in [1.29, 1.82) is 0 Å². The minimum atomic E-state index is -0.531. The molecule has 0 aromatic carbocycles. The number of alkyl halides is 1. The van der Waals surface area contributed by atoms with Crippen molar-refractivity contribution in [3.8, 4) is 0 Å². The summed E-state index contributed by atoms with van der Waals surface area (Å²) in [4.78, 5) is 22.0. The predicted molar refractivity (Wildman–Crippen MR) is 48.4 cm³/mol. The standard InChI is InChI=1S/C8H11BrO4/c9-5-7(10)13-8(11)6-1-3-12-4-2-6/h6H,1-5H2. The second-order valence-corrected chi connectivity index (χ2v) is 3.37. The second-order valence-electron chi connectivity index (χ2n) is 2.81. The molecule has 0 unspecified atom stereocenters. The highest BCUT2D eigenvalue weighted by molar-refractivity contribution is 9.09. The first-order chi connectivity index (χ1) is 6.24. The smallest absolute Gasteiger partial charge is 0.324 e. The summed E-state index contributed by atoms with van der Waals surface area (Å²) in [6.45, 7) is 1.14. The molecule has 1 fully saturated rings. The van der Waals surface area contributed by atoms with Crippen molar-refractivity contribution in [3.63, 3.8) is 0 Å². The van der Waals surface area contributed by atoms with Crippen molar-refractivity contribution in [2.45, 2.75) is 12.8 Å². The summed E-state index contributed by atoms with van der Waals surface area (Å²) in [5.41, 5.74) is 0. The summed E-state index contributed by atoms with van der Waals surface area (Å²) in [7, 11) is 0. The molecule has 1 aliphatic rings. The van der Waals surface area contributed by atoms with Gasteiger partial charge < -0.3 is 9.47 Å². The Bertz CT molecular complexity index is 198. The van der Waals surface area contributed by atoms with Gasteiger partial charge in [-0.3, -0.25) is 9.59 Å². The van der Waals surface area contributed by atoms with Gasteiger partial charge in [-0.1, -0.05) is 15.9 Å². The van der Waals surface area contributed by atoms with Gasteiger partial charge in [-0.05, 0) is 12.8 Å². The lowest BCUT2D eigenvalue weighted by atomic mass is 10.0. The van der Waals surface area contributed by atoms with Crippen LogP contribution in [0, 0.1) is 5.92 Å². The zero-order valence-corrected chi connectivity index (χ0v) is 8.71. The van der Waals surface area contributed by atoms with Gasteiger partial charge in [0.15, 0.2) is 0 Å². The summed E-state index contributed by atoms with van der Waals surface area (Å²) < 4.78 is 9.64. The van der Waals surface area contributed by atoms with Crippen LogP contribution in [0.25, 0.3) is 0 Å². The molecule has 0 spiro atoms. The molecule has 0 aromatic rings. The van der Waals surface area contributed by atoms with Gasteiger partial charge >= 0.3 is 11.9 Å². The maximum absolute atomic E-state index is 11.2. The van der Waals surface area contributed by atoms with Gasteiger partial charge in [0.2, 0.25) is 0 Å². The van der Waals surface area contributed by atoms with Crippen LogP contribution in [-0.4, -0.2) is 30.5 Å². The van der Waals surface area contributed by atoms with Gasteiger partial charge in [-0.25, -0.2) is 0 Å². The van der Waals surface area contributed by atoms with Crippen molar-refractivity contribution in [2.24, 2.45) is 5.92 Å². The number of carbonyl (C=O) groups is 2. The molecule has 0 N–H and O–H groups in total. The average molecular weight is 251 g/mol. The van der Waals surface area contributed by atoms with Crippen LogP contribution < -0.4 is 0 Å². The van der Waals surface area contributed by atoms with Crippen molar-refractivity contribution < 1.29 is 19.1 Å². The SMILES string of the molecule is O=C(CBr)OC(=O)C1CCOCC1. The minimum Gasteiger partial charge on any atom is -0.392 e. The van der Waals surface area contributed by atoms with Crippen LogP contribution in [0.4, 0.5) is 0 Å². The van der Waals surface area contributed by atoms with E-state index in [-0.39, 0.29) is 11.2 Å². The molecule has 74 valence electrons. The van der Waals surface area contributed by atoms with Crippen LogP contribution in [0.2, 0.25) is 0 Å². The Kier molecular flexibility index (Phi) is 4.38. The van der Waals surface area contributed by atoms with E-state index in [1.54, 1.807) is 0 Å². The predicted octanol–water partition coefficient (Wildman–Crippen LogP) is 0.878. The van der Waals surface area contributed by atoms with E-state index in [1.807, 2.05) is 0 Å². The molecular formula is C8H11BrO4. The Labute approximate surface area is 84.7 Å². The zero-order valence-electron chi connectivity index (χ0n) is 7.12. The summed E-state index contributed by atoms with van der Waals surface area (Å²) in [6, 6.07) is 0. The van der Waals surface area contributed by atoms with E-state index in [4.69, 9.17) is 4.74 Å². The lowest BCUT2D eigenvalue weighted by molar-refractivity contribution is -0.162. The fourth-order valence-corrected chi connectivity index (χ4v) is 1.27. The third-order valence-electron chi connectivity index (χ3n) is 1.88. The number of halogens is 1. The molecule has 4 nitrogen and oxygen atoms in total. The Hall–Kier alpha value is -0.420. The lowest BCUT2D eigenvalue weighted by Crippen LogP contribution is -2.27. The van der Waals surface area contributed by atoms with Gasteiger partial charge in [-0.15, -0.1) is 0 Å². The molecule has 13 heavy (non-hydrogen) atoms. The number of hydrogen-bond donors (Lipinski definition) is 0. The van der Waals surface area contributed by atoms with Crippen LogP contribution in [0.5, 0.6) is 0 Å². The average Bonchev–Trinajstić information content (AvgIpc) is 2.19. The summed E-state index contributed by atoms with van der Waals surface area (Å²) in [5, 5.41) is 0.0575. The molecule has 1 rings (SSSR count). The topological polar surface area (TPSA) is 52.6 Å². The zero-order chi connectivity index (χ0) is 9.68. The third-order valence-corrected chi connectivity index (χ3v) is 2.34. The number of esters is 2. The van der Waals surface area contributed by atoms with E-state index in [1.165, 1.54) is 0 Å². The first-order valence-corrected chi connectivity index (χ1v) is 5.24. The van der Waals surface area contributed by atoms with E-state index in [0.717, 1.165) is 0 Å². The molecule has 0 aromatic heterocycles. The number of hydrogen-bond acceptors (Lipinski definition) is 4. The maximum atomic E-state index is 11.2. The van der Waals surface area contributed by atoms with E-state index in [0.29, 0.717) is 26.1 Å². The van der Waals surface area contributed by atoms with Crippen LogP contribution in [0.15, 0.2) is 0 Å². The highest BCUT2D eigenvalue weighted by Gasteiger charge is 2.24. The molecule has 0 saturated carbocycles. The fourth-order valence-electron chi connectivity index (χ4n) is 1.16. The molecule has 0 radical (unpaired) electrons. The van der Waals surface area contributed by atoms with Crippen LogP contribution >= 0.6 is 15.9 Å². The van der Waals surface area contributed by atoms with Crippen LogP contribution in [0.3, 0.4) is 0 Å². The summed E-state index contributed by atoms with van der Waals surface area (Å²) in [6.07, 6.45) is 1.29. The molecule has 0 bridgehead atoms. The molecule has 5 heteroatoms. The minimum absolute atomic E-state index is 0.0575. The van der Waals surface area contributed by atoms with Crippen molar-refractivity contribution in [1.82, 2.24) is 0 Å². The highest BCUT2D eigenvalue weighted by atomic mass is 79.9. The molecule has 0 aliphatic carbocycles. The molecule has 1 aliphatic heterocycles. The Morgan fingerprint density at radius 3 is 2.54 bits per heavy atom. The molecule has 0 amide bonds. The molecule has 0 atom stereocenters. The maximum Gasteiger partial charge on any atom is 0.324 e. The van der Waals surface area contributed by atoms with E-state index >= 15 is 0 Å². The van der Waals surface area contributed by atoms with E-state index in [9.17, 15) is 9.59 Å². The van der Waals surface area contributed by atoms with Gasteiger partial charge in [0.05, 0.1) is 5.92 Å². The molecule has 1 saturated heterocycles. The van der Waals surface area contributed by atoms with Gasteiger partial charge in [-0.2, -0.15) is 0 Å². The van der Waals surface area contributed by atoms with Crippen LogP contribution in [-0.2, 0) is 19.1 Å². The van der Waals surface area contributed by atoms with Crippen molar-refractivity contribution in [2.75, 3.05) is 18.5 Å². The van der Waals surface area contributed by atoms with Crippen LogP contribution in [0.1, 0.15) is 12.8 Å². The first kappa shape index (κ1) is 10.7. The molecular weight excluding hydrogens is 240 g/mol. The normalized spacial score (nSPS) is 18.2. The third kappa shape index (κ3) is 3.44. The number of rotatable bonds is 2. The first-order valence-electron chi connectivity index (χ1n) is 4.12. The lowest BCUT2D eigenvalue weighted by Gasteiger charge is -2.19. The Morgan fingerprint density at radius 2 is 2.00 bits per heavy atom. The molecule has 1 heterocycles. The largest absolute Gasteiger partial charge is 0.392 e. The highest BCUT2D eigenvalue weighted by Crippen LogP contribution is 2.16.